The Hall–Kier alpha value is -2.20. The molecule has 3 aromatic rings. The van der Waals surface area contributed by atoms with Crippen molar-refractivity contribution < 1.29 is 8.78 Å². The highest BCUT2D eigenvalue weighted by Crippen LogP contribution is 2.37. The molecule has 1 aromatic heterocycles. The Morgan fingerprint density at radius 1 is 1.00 bits per heavy atom. The van der Waals surface area contributed by atoms with E-state index in [0.717, 1.165) is 19.2 Å². The first-order valence-electron chi connectivity index (χ1n) is 7.74. The van der Waals surface area contributed by atoms with Crippen LogP contribution >= 0.6 is 0 Å². The normalized spacial score (nSPS) is 18.3. The van der Waals surface area contributed by atoms with E-state index in [1.807, 2.05) is 14.1 Å². The first kappa shape index (κ1) is 14.4. The lowest BCUT2D eigenvalue weighted by Gasteiger charge is -2.33. The maximum Gasteiger partial charge on any atom is 0.126 e. The van der Waals surface area contributed by atoms with E-state index in [9.17, 15) is 8.78 Å². The van der Waals surface area contributed by atoms with Crippen molar-refractivity contribution in [2.24, 2.45) is 7.05 Å². The van der Waals surface area contributed by atoms with E-state index in [0.29, 0.717) is 5.56 Å². The summed E-state index contributed by atoms with van der Waals surface area (Å²) in [4.78, 5) is 2.21. The molecule has 4 heteroatoms. The van der Waals surface area contributed by atoms with Crippen LogP contribution in [0.1, 0.15) is 22.6 Å². The van der Waals surface area contributed by atoms with E-state index >= 15 is 0 Å². The molecule has 2 heterocycles. The summed E-state index contributed by atoms with van der Waals surface area (Å²) in [5.74, 6) is -1.05. The van der Waals surface area contributed by atoms with E-state index in [1.54, 1.807) is 0 Å². The fraction of sp³-hybridized carbons (Fsp3) is 0.263. The number of nitrogens with zero attached hydrogens (tertiary/aromatic N) is 2. The molecule has 0 aliphatic carbocycles. The third-order valence-corrected chi connectivity index (χ3v) is 4.80. The number of fused-ring (bicyclic) bond motifs is 3. The second kappa shape index (κ2) is 5.17. The molecule has 0 bridgehead atoms. The maximum absolute atomic E-state index is 13.7. The van der Waals surface area contributed by atoms with Gasteiger partial charge in [0.25, 0.3) is 0 Å². The number of rotatable bonds is 1. The minimum absolute atomic E-state index is 0.0152. The number of aryl methyl sites for hydroxylation is 1. The SMILES string of the molecule is CN1Cc2c(ccc3c2ccn3C)C(c2cc(F)cc(F)c2)C1. The van der Waals surface area contributed by atoms with Gasteiger partial charge in [-0.2, -0.15) is 0 Å². The number of hydrogen-bond donors (Lipinski definition) is 0. The second-order valence-corrected chi connectivity index (χ2v) is 6.44. The van der Waals surface area contributed by atoms with Gasteiger partial charge in [-0.15, -0.1) is 0 Å². The Morgan fingerprint density at radius 3 is 2.48 bits per heavy atom. The van der Waals surface area contributed by atoms with Gasteiger partial charge in [0.1, 0.15) is 11.6 Å². The molecule has 118 valence electrons. The van der Waals surface area contributed by atoms with Crippen LogP contribution in [0.15, 0.2) is 42.6 Å². The monoisotopic (exact) mass is 312 g/mol. The van der Waals surface area contributed by atoms with Crippen molar-refractivity contribution in [2.45, 2.75) is 12.5 Å². The van der Waals surface area contributed by atoms with Gasteiger partial charge in [0, 0.05) is 49.2 Å². The highest BCUT2D eigenvalue weighted by atomic mass is 19.1. The van der Waals surface area contributed by atoms with Crippen molar-refractivity contribution in [1.82, 2.24) is 9.47 Å². The summed E-state index contributed by atoms with van der Waals surface area (Å²) in [6, 6.07) is 10.2. The Balaban J connectivity index is 1.92. The lowest BCUT2D eigenvalue weighted by atomic mass is 9.83. The molecule has 0 N–H and O–H groups in total. The molecule has 0 fully saturated rings. The lowest BCUT2D eigenvalue weighted by Crippen LogP contribution is -2.31. The molecule has 2 aromatic carbocycles. The first-order valence-corrected chi connectivity index (χ1v) is 7.74. The van der Waals surface area contributed by atoms with Crippen LogP contribution in [-0.4, -0.2) is 23.1 Å². The predicted molar refractivity (Wildman–Crippen MR) is 87.5 cm³/mol. The summed E-state index contributed by atoms with van der Waals surface area (Å²) < 4.78 is 29.4. The molecular formula is C19H18F2N2. The molecule has 1 aliphatic heterocycles. The van der Waals surface area contributed by atoms with E-state index in [2.05, 4.69) is 33.9 Å². The van der Waals surface area contributed by atoms with Gasteiger partial charge in [0.15, 0.2) is 0 Å². The van der Waals surface area contributed by atoms with Crippen LogP contribution < -0.4 is 0 Å². The Morgan fingerprint density at radius 2 is 1.74 bits per heavy atom. The zero-order valence-corrected chi connectivity index (χ0v) is 13.2. The van der Waals surface area contributed by atoms with Crippen LogP contribution in [0.5, 0.6) is 0 Å². The Bertz CT molecular complexity index is 878. The quantitative estimate of drug-likeness (QED) is 0.658. The highest BCUT2D eigenvalue weighted by Gasteiger charge is 2.27. The molecule has 0 saturated heterocycles. The number of benzene rings is 2. The van der Waals surface area contributed by atoms with E-state index in [1.165, 1.54) is 34.2 Å². The average molecular weight is 312 g/mol. The van der Waals surface area contributed by atoms with Crippen LogP contribution in [0, 0.1) is 11.6 Å². The number of aromatic nitrogens is 1. The molecule has 1 aliphatic rings. The number of likely N-dealkylation sites (N-methyl/N-ethyl adjacent to an activating group) is 1. The fourth-order valence-corrected chi connectivity index (χ4v) is 3.74. The molecule has 1 unspecified atom stereocenters. The van der Waals surface area contributed by atoms with Crippen molar-refractivity contribution in [1.29, 1.82) is 0 Å². The highest BCUT2D eigenvalue weighted by molar-refractivity contribution is 5.85. The molecule has 23 heavy (non-hydrogen) atoms. The molecule has 1 atom stereocenters. The molecule has 0 amide bonds. The number of halogens is 2. The van der Waals surface area contributed by atoms with Gasteiger partial charge in [0.2, 0.25) is 0 Å². The van der Waals surface area contributed by atoms with Crippen molar-refractivity contribution in [3.8, 4) is 0 Å². The van der Waals surface area contributed by atoms with E-state index in [4.69, 9.17) is 0 Å². The van der Waals surface area contributed by atoms with Gasteiger partial charge in [-0.25, -0.2) is 8.78 Å². The van der Waals surface area contributed by atoms with Crippen LogP contribution in [-0.2, 0) is 13.6 Å². The third-order valence-electron chi connectivity index (χ3n) is 4.80. The zero-order chi connectivity index (χ0) is 16.1. The summed E-state index contributed by atoms with van der Waals surface area (Å²) in [5.41, 5.74) is 4.31. The van der Waals surface area contributed by atoms with Crippen LogP contribution in [0.4, 0.5) is 8.78 Å². The van der Waals surface area contributed by atoms with E-state index < -0.39 is 11.6 Å². The zero-order valence-electron chi connectivity index (χ0n) is 13.2. The van der Waals surface area contributed by atoms with Crippen molar-refractivity contribution >= 4 is 10.9 Å². The average Bonchev–Trinajstić information content (AvgIpc) is 2.87. The summed E-state index contributed by atoms with van der Waals surface area (Å²) in [5, 5.41) is 1.22. The minimum atomic E-state index is -0.518. The summed E-state index contributed by atoms with van der Waals surface area (Å²) in [6.45, 7) is 1.61. The molecular weight excluding hydrogens is 294 g/mol. The van der Waals surface area contributed by atoms with Crippen molar-refractivity contribution in [3.63, 3.8) is 0 Å². The summed E-state index contributed by atoms with van der Waals surface area (Å²) in [7, 11) is 4.08. The smallest absolute Gasteiger partial charge is 0.126 e. The summed E-state index contributed by atoms with van der Waals surface area (Å²) >= 11 is 0. The molecule has 2 nitrogen and oxygen atoms in total. The van der Waals surface area contributed by atoms with Gasteiger partial charge in [0.05, 0.1) is 0 Å². The third kappa shape index (κ3) is 2.34. The van der Waals surface area contributed by atoms with Gasteiger partial charge < -0.3 is 9.47 Å². The van der Waals surface area contributed by atoms with Gasteiger partial charge in [-0.1, -0.05) is 6.07 Å². The second-order valence-electron chi connectivity index (χ2n) is 6.44. The molecule has 0 spiro atoms. The minimum Gasteiger partial charge on any atom is -0.351 e. The summed E-state index contributed by atoms with van der Waals surface area (Å²) in [6.07, 6.45) is 2.05. The first-order chi connectivity index (χ1) is 11.0. The number of hydrogen-bond acceptors (Lipinski definition) is 1. The topological polar surface area (TPSA) is 8.17 Å². The lowest BCUT2D eigenvalue weighted by molar-refractivity contribution is 0.296. The molecule has 0 radical (unpaired) electrons. The fourth-order valence-electron chi connectivity index (χ4n) is 3.74. The predicted octanol–water partition coefficient (Wildman–Crippen LogP) is 4.03. The van der Waals surface area contributed by atoms with Crippen LogP contribution in [0.3, 0.4) is 0 Å². The largest absolute Gasteiger partial charge is 0.351 e. The standard InChI is InChI=1S/C19H18F2N2/c1-22-10-17(12-7-13(20)9-14(21)8-12)15-3-4-19-16(18(15)11-22)5-6-23(19)2/h3-9,17H,10-11H2,1-2H3. The molecule has 0 saturated carbocycles. The van der Waals surface area contributed by atoms with Gasteiger partial charge in [-0.05, 0) is 48.0 Å². The van der Waals surface area contributed by atoms with Crippen molar-refractivity contribution in [2.75, 3.05) is 13.6 Å². The van der Waals surface area contributed by atoms with Crippen molar-refractivity contribution in [3.05, 3.63) is 70.9 Å². The Labute approximate surface area is 133 Å². The van der Waals surface area contributed by atoms with Crippen LogP contribution in [0.25, 0.3) is 10.9 Å². The molecule has 4 rings (SSSR count). The van der Waals surface area contributed by atoms with Crippen LogP contribution in [0.2, 0.25) is 0 Å². The van der Waals surface area contributed by atoms with E-state index in [-0.39, 0.29) is 5.92 Å². The maximum atomic E-state index is 13.7. The van der Waals surface area contributed by atoms with Gasteiger partial charge >= 0.3 is 0 Å². The Kier molecular flexibility index (Phi) is 3.23. The van der Waals surface area contributed by atoms with Gasteiger partial charge in [-0.3, -0.25) is 0 Å².